The first-order valence-corrected chi connectivity index (χ1v) is 12.3. The number of aromatic hydroxyl groups is 1. The molecule has 0 aromatic heterocycles. The molecule has 190 valence electrons. The van der Waals surface area contributed by atoms with Gasteiger partial charge in [0.15, 0.2) is 17.3 Å². The van der Waals surface area contributed by atoms with Crippen molar-refractivity contribution in [2.75, 3.05) is 14.2 Å². The first-order valence-electron chi connectivity index (χ1n) is 12.3. The highest BCUT2D eigenvalue weighted by atomic mass is 16.5. The lowest BCUT2D eigenvalue weighted by atomic mass is 9.69. The van der Waals surface area contributed by atoms with Crippen LogP contribution < -0.4 is 9.47 Å². The minimum absolute atomic E-state index is 0.0537. The molecule has 4 rings (SSSR count). The molecule has 1 aliphatic carbocycles. The summed E-state index contributed by atoms with van der Waals surface area (Å²) in [6.07, 6.45) is 1.27. The summed E-state index contributed by atoms with van der Waals surface area (Å²) in [5, 5.41) is 10.2. The zero-order valence-electron chi connectivity index (χ0n) is 21.4. The van der Waals surface area contributed by atoms with Crippen LogP contribution in [-0.2, 0) is 14.3 Å². The zero-order valence-corrected chi connectivity index (χ0v) is 21.4. The third kappa shape index (κ3) is 4.87. The number of methoxy groups -OCH3 is 2. The fourth-order valence-electron chi connectivity index (χ4n) is 5.14. The first kappa shape index (κ1) is 25.5. The molecule has 0 saturated carbocycles. The van der Waals surface area contributed by atoms with E-state index in [1.165, 1.54) is 0 Å². The zero-order chi connectivity index (χ0) is 26.0. The van der Waals surface area contributed by atoms with Crippen molar-refractivity contribution in [3.8, 4) is 17.2 Å². The van der Waals surface area contributed by atoms with E-state index in [2.05, 4.69) is 0 Å². The number of phenols is 1. The van der Waals surface area contributed by atoms with Crippen LogP contribution in [-0.4, -0.2) is 42.9 Å². The van der Waals surface area contributed by atoms with Crippen molar-refractivity contribution < 1.29 is 28.9 Å². The Morgan fingerprint density at radius 2 is 1.83 bits per heavy atom. The van der Waals surface area contributed by atoms with Crippen molar-refractivity contribution in [2.45, 2.75) is 58.0 Å². The number of carbonyl (C=O) groups excluding carboxylic acids is 2. The molecule has 2 aliphatic rings. The molecule has 1 heterocycles. The number of hydrogen-bond donors (Lipinski definition) is 1. The second-order valence-electron chi connectivity index (χ2n) is 9.46. The van der Waals surface area contributed by atoms with Crippen LogP contribution in [0.2, 0.25) is 0 Å². The fraction of sp³-hybridized carbons (Fsp3) is 0.414. The second-order valence-corrected chi connectivity index (χ2v) is 9.46. The fourth-order valence-corrected chi connectivity index (χ4v) is 5.14. The van der Waals surface area contributed by atoms with Crippen molar-refractivity contribution in [1.82, 2.24) is 0 Å². The minimum Gasteiger partial charge on any atom is -0.508 e. The Balaban J connectivity index is 1.77. The molecular formula is C29H33NO6. The van der Waals surface area contributed by atoms with Gasteiger partial charge in [0.05, 0.1) is 20.3 Å². The standard InChI is InChI=1S/C29H33NO6/c1-6-16(2)36-29(33)26-17(3)30-22-13-20(18-10-11-24(34-4)25(15-18)35-5)14-23(32)28(22)27(26)19-8-7-9-21(31)12-19/h7-12,15-16,20,26-27,31H,6,13-14H2,1-5H3. The Kier molecular flexibility index (Phi) is 7.48. The number of aliphatic imine (C=N–C) groups is 1. The van der Waals surface area contributed by atoms with E-state index in [1.807, 2.05) is 45.0 Å². The second kappa shape index (κ2) is 10.6. The highest BCUT2D eigenvalue weighted by Gasteiger charge is 2.45. The van der Waals surface area contributed by atoms with Crippen LogP contribution in [0.1, 0.15) is 63.0 Å². The molecule has 2 aromatic carbocycles. The van der Waals surface area contributed by atoms with Crippen molar-refractivity contribution in [3.63, 3.8) is 0 Å². The van der Waals surface area contributed by atoms with Gasteiger partial charge in [0.2, 0.25) is 0 Å². The van der Waals surface area contributed by atoms with Crippen molar-refractivity contribution in [2.24, 2.45) is 10.9 Å². The predicted molar refractivity (Wildman–Crippen MR) is 137 cm³/mol. The minimum atomic E-state index is -0.735. The average Bonchev–Trinajstić information content (AvgIpc) is 2.86. The SMILES string of the molecule is CCC(C)OC(=O)C1C(C)=NC2=C(C(=O)CC(c3ccc(OC)c(OC)c3)C2)C1c1cccc(O)c1. The molecular weight excluding hydrogens is 458 g/mol. The van der Waals surface area contributed by atoms with Gasteiger partial charge in [-0.25, -0.2) is 0 Å². The number of Topliss-reactive ketones (excluding diaryl/α,β-unsaturated/α-hetero) is 1. The molecule has 36 heavy (non-hydrogen) atoms. The first-order chi connectivity index (χ1) is 17.3. The van der Waals surface area contributed by atoms with Crippen LogP contribution in [0, 0.1) is 5.92 Å². The number of ketones is 1. The smallest absolute Gasteiger partial charge is 0.315 e. The summed E-state index contributed by atoms with van der Waals surface area (Å²) in [4.78, 5) is 31.8. The highest BCUT2D eigenvalue weighted by Crippen LogP contribution is 2.48. The van der Waals surface area contributed by atoms with Crippen molar-refractivity contribution in [3.05, 3.63) is 64.9 Å². The molecule has 7 nitrogen and oxygen atoms in total. The van der Waals surface area contributed by atoms with E-state index in [0.29, 0.717) is 46.9 Å². The van der Waals surface area contributed by atoms with Gasteiger partial charge in [0.1, 0.15) is 11.7 Å². The Hall–Kier alpha value is -3.61. The van der Waals surface area contributed by atoms with Gasteiger partial charge in [0, 0.05) is 29.3 Å². The summed E-state index contributed by atoms with van der Waals surface area (Å²) in [7, 11) is 3.17. The molecule has 4 atom stereocenters. The summed E-state index contributed by atoms with van der Waals surface area (Å²) >= 11 is 0. The molecule has 0 radical (unpaired) electrons. The topological polar surface area (TPSA) is 94.4 Å². The van der Waals surface area contributed by atoms with Gasteiger partial charge in [-0.2, -0.15) is 0 Å². The Morgan fingerprint density at radius 3 is 2.50 bits per heavy atom. The van der Waals surface area contributed by atoms with Gasteiger partial charge in [0.25, 0.3) is 0 Å². The number of hydrogen-bond acceptors (Lipinski definition) is 7. The molecule has 0 bridgehead atoms. The van der Waals surface area contributed by atoms with E-state index in [1.54, 1.807) is 32.4 Å². The lowest BCUT2D eigenvalue weighted by Crippen LogP contribution is -2.39. The van der Waals surface area contributed by atoms with Crippen molar-refractivity contribution >= 4 is 17.5 Å². The maximum Gasteiger partial charge on any atom is 0.315 e. The monoisotopic (exact) mass is 491 g/mol. The van der Waals surface area contributed by atoms with Gasteiger partial charge < -0.3 is 19.3 Å². The summed E-state index contributed by atoms with van der Waals surface area (Å²) in [6, 6.07) is 12.4. The number of phenolic OH excluding ortho intramolecular Hbond substituents is 1. The Bertz CT molecular complexity index is 1230. The van der Waals surface area contributed by atoms with Crippen LogP contribution in [0.4, 0.5) is 0 Å². The average molecular weight is 492 g/mol. The Morgan fingerprint density at radius 1 is 1.08 bits per heavy atom. The Labute approximate surface area is 211 Å². The van der Waals surface area contributed by atoms with Gasteiger partial charge in [-0.05, 0) is 68.0 Å². The van der Waals surface area contributed by atoms with E-state index >= 15 is 0 Å². The maximum atomic E-state index is 13.7. The molecule has 0 fully saturated rings. The summed E-state index contributed by atoms with van der Waals surface area (Å²) < 4.78 is 16.5. The maximum absolute atomic E-state index is 13.7. The lowest BCUT2D eigenvalue weighted by molar-refractivity contribution is -0.151. The molecule has 4 unspecified atom stereocenters. The van der Waals surface area contributed by atoms with Gasteiger partial charge in [-0.15, -0.1) is 0 Å². The van der Waals surface area contributed by atoms with E-state index < -0.39 is 17.8 Å². The highest BCUT2D eigenvalue weighted by molar-refractivity contribution is 6.09. The number of ether oxygens (including phenoxy) is 3. The van der Waals surface area contributed by atoms with Crippen molar-refractivity contribution in [1.29, 1.82) is 0 Å². The number of nitrogens with zero attached hydrogens (tertiary/aromatic N) is 1. The molecule has 7 heteroatoms. The van der Waals surface area contributed by atoms with Crippen LogP contribution in [0.15, 0.2) is 58.7 Å². The van der Waals surface area contributed by atoms with E-state index in [-0.39, 0.29) is 30.0 Å². The van der Waals surface area contributed by atoms with Crippen LogP contribution in [0.3, 0.4) is 0 Å². The van der Waals surface area contributed by atoms with E-state index in [4.69, 9.17) is 19.2 Å². The molecule has 2 aromatic rings. The summed E-state index contributed by atoms with van der Waals surface area (Å²) in [6.45, 7) is 5.61. The number of rotatable bonds is 7. The molecule has 1 N–H and O–H groups in total. The molecule has 0 spiro atoms. The third-order valence-corrected chi connectivity index (χ3v) is 7.14. The predicted octanol–water partition coefficient (Wildman–Crippen LogP) is 5.33. The van der Waals surface area contributed by atoms with Crippen LogP contribution in [0.5, 0.6) is 17.2 Å². The van der Waals surface area contributed by atoms with E-state index in [0.717, 1.165) is 5.56 Å². The number of benzene rings is 2. The van der Waals surface area contributed by atoms with Gasteiger partial charge in [-0.3, -0.25) is 14.6 Å². The quantitative estimate of drug-likeness (QED) is 0.527. The normalized spacial score (nSPS) is 22.4. The summed E-state index contributed by atoms with van der Waals surface area (Å²) in [5.41, 5.74) is 3.49. The number of allylic oxidation sites excluding steroid dienone is 2. The van der Waals surface area contributed by atoms with E-state index in [9.17, 15) is 14.7 Å². The number of esters is 1. The number of carbonyl (C=O) groups is 2. The lowest BCUT2D eigenvalue weighted by Gasteiger charge is -2.37. The molecule has 0 saturated heterocycles. The largest absolute Gasteiger partial charge is 0.508 e. The third-order valence-electron chi connectivity index (χ3n) is 7.14. The molecule has 1 aliphatic heterocycles. The van der Waals surface area contributed by atoms with Crippen LogP contribution >= 0.6 is 0 Å². The van der Waals surface area contributed by atoms with Gasteiger partial charge in [-0.1, -0.05) is 25.1 Å². The van der Waals surface area contributed by atoms with Gasteiger partial charge >= 0.3 is 5.97 Å². The molecule has 0 amide bonds. The summed E-state index contributed by atoms with van der Waals surface area (Å²) in [5.74, 6) is -0.530. The van der Waals surface area contributed by atoms with Crippen LogP contribution in [0.25, 0.3) is 0 Å².